The molecule has 2 heterocycles. The maximum Gasteiger partial charge on any atom is 0.272 e. The molecule has 1 fully saturated rings. The number of para-hydroxylation sites is 1. The molecule has 3 N–H and O–H groups in total. The molecule has 1 aromatic carbocycles. The summed E-state index contributed by atoms with van der Waals surface area (Å²) < 4.78 is 0. The first-order valence-corrected chi connectivity index (χ1v) is 7.49. The second-order valence-electron chi connectivity index (χ2n) is 5.32. The second kappa shape index (κ2) is 8.12. The number of benzene rings is 1. The van der Waals surface area contributed by atoms with E-state index in [2.05, 4.69) is 25.7 Å². The van der Waals surface area contributed by atoms with Gasteiger partial charge in [-0.2, -0.15) is 5.10 Å². The molecule has 0 bridgehead atoms. The number of aromatic nitrogens is 2. The van der Waals surface area contributed by atoms with Crippen LogP contribution in [0.1, 0.15) is 16.9 Å². The molecule has 1 aliphatic heterocycles. The number of hydrogen-bond acceptors (Lipinski definition) is 4. The summed E-state index contributed by atoms with van der Waals surface area (Å²) in [5.74, 6) is -0.104. The average Bonchev–Trinajstić information content (AvgIpc) is 2.96. The van der Waals surface area contributed by atoms with Crippen molar-refractivity contribution in [1.82, 2.24) is 25.7 Å². The molecule has 1 aromatic heterocycles. The van der Waals surface area contributed by atoms with Gasteiger partial charge in [0.25, 0.3) is 5.91 Å². The van der Waals surface area contributed by atoms with Gasteiger partial charge >= 0.3 is 0 Å². The van der Waals surface area contributed by atoms with Crippen molar-refractivity contribution >= 4 is 29.2 Å². The fourth-order valence-electron chi connectivity index (χ4n) is 2.66. The molecule has 2 aromatic rings. The van der Waals surface area contributed by atoms with Gasteiger partial charge < -0.3 is 15.5 Å². The summed E-state index contributed by atoms with van der Waals surface area (Å²) in [6, 6.07) is 7.67. The zero-order valence-corrected chi connectivity index (χ0v) is 13.3. The topological polar surface area (TPSA) is 73.1 Å². The van der Waals surface area contributed by atoms with E-state index in [0.717, 1.165) is 50.0 Å². The predicted octanol–water partition coefficient (Wildman–Crippen LogP) is 1.01. The zero-order chi connectivity index (χ0) is 14.5. The summed E-state index contributed by atoms with van der Waals surface area (Å²) in [7, 11) is 0. The molecular weight excluding hydrogens is 302 g/mol. The van der Waals surface area contributed by atoms with E-state index in [-0.39, 0.29) is 18.3 Å². The first-order chi connectivity index (χ1) is 10.3. The van der Waals surface area contributed by atoms with Crippen molar-refractivity contribution in [3.05, 3.63) is 30.0 Å². The fraction of sp³-hybridized carbons (Fsp3) is 0.467. The number of hydrogen-bond donors (Lipinski definition) is 3. The zero-order valence-electron chi connectivity index (χ0n) is 12.5. The number of piperazine rings is 1. The molecule has 0 saturated carbocycles. The van der Waals surface area contributed by atoms with Crippen LogP contribution in [-0.4, -0.2) is 60.3 Å². The number of carbonyl (C=O) groups is 1. The summed E-state index contributed by atoms with van der Waals surface area (Å²) in [6.45, 7) is 6.03. The number of halogens is 1. The van der Waals surface area contributed by atoms with Crippen molar-refractivity contribution in [2.24, 2.45) is 0 Å². The highest BCUT2D eigenvalue weighted by molar-refractivity contribution is 6.04. The Bertz CT molecular complexity index is 609. The molecule has 0 aliphatic carbocycles. The van der Waals surface area contributed by atoms with Crippen LogP contribution in [0, 0.1) is 0 Å². The van der Waals surface area contributed by atoms with Crippen LogP contribution >= 0.6 is 12.4 Å². The quantitative estimate of drug-likeness (QED) is 0.718. The highest BCUT2D eigenvalue weighted by Gasteiger charge is 2.13. The lowest BCUT2D eigenvalue weighted by Gasteiger charge is -2.26. The fourth-order valence-corrected chi connectivity index (χ4v) is 2.66. The maximum absolute atomic E-state index is 12.2. The number of rotatable bonds is 5. The van der Waals surface area contributed by atoms with Gasteiger partial charge in [0.05, 0.1) is 5.52 Å². The van der Waals surface area contributed by atoms with Gasteiger partial charge in [0.1, 0.15) is 0 Å². The predicted molar refractivity (Wildman–Crippen MR) is 89.6 cm³/mol. The number of carbonyl (C=O) groups excluding carboxylic acids is 1. The van der Waals surface area contributed by atoms with Crippen molar-refractivity contribution in [2.75, 3.05) is 39.3 Å². The summed E-state index contributed by atoms with van der Waals surface area (Å²) >= 11 is 0. The molecule has 1 saturated heterocycles. The lowest BCUT2D eigenvalue weighted by molar-refractivity contribution is 0.0948. The van der Waals surface area contributed by atoms with Gasteiger partial charge in [-0.3, -0.25) is 9.89 Å². The first kappa shape index (κ1) is 16.7. The van der Waals surface area contributed by atoms with Crippen molar-refractivity contribution < 1.29 is 4.79 Å². The molecule has 3 rings (SSSR count). The van der Waals surface area contributed by atoms with Gasteiger partial charge in [-0.15, -0.1) is 12.4 Å². The minimum Gasteiger partial charge on any atom is -0.351 e. The monoisotopic (exact) mass is 323 g/mol. The number of amides is 1. The molecule has 7 heteroatoms. The number of fused-ring (bicyclic) bond motifs is 1. The van der Waals surface area contributed by atoms with E-state index in [1.165, 1.54) is 0 Å². The number of H-pyrrole nitrogens is 1. The Balaban J connectivity index is 0.00000176. The van der Waals surface area contributed by atoms with E-state index >= 15 is 0 Å². The van der Waals surface area contributed by atoms with E-state index in [9.17, 15) is 4.79 Å². The van der Waals surface area contributed by atoms with Crippen LogP contribution in [0.4, 0.5) is 0 Å². The summed E-state index contributed by atoms with van der Waals surface area (Å²) in [4.78, 5) is 14.6. The number of nitrogens with one attached hydrogen (secondary N) is 3. The summed E-state index contributed by atoms with van der Waals surface area (Å²) in [6.07, 6.45) is 0.966. The van der Waals surface area contributed by atoms with Crippen LogP contribution in [-0.2, 0) is 0 Å². The highest BCUT2D eigenvalue weighted by atomic mass is 35.5. The van der Waals surface area contributed by atoms with Crippen LogP contribution in [0.25, 0.3) is 10.9 Å². The average molecular weight is 324 g/mol. The normalized spacial score (nSPS) is 15.5. The lowest BCUT2D eigenvalue weighted by Crippen LogP contribution is -2.44. The Kier molecular flexibility index (Phi) is 6.18. The highest BCUT2D eigenvalue weighted by Crippen LogP contribution is 2.14. The van der Waals surface area contributed by atoms with Crippen LogP contribution in [0.3, 0.4) is 0 Å². The van der Waals surface area contributed by atoms with E-state index in [1.807, 2.05) is 24.3 Å². The molecular formula is C15H22ClN5O. The van der Waals surface area contributed by atoms with Gasteiger partial charge in [-0.1, -0.05) is 18.2 Å². The Hall–Kier alpha value is -1.63. The van der Waals surface area contributed by atoms with E-state index in [4.69, 9.17) is 0 Å². The van der Waals surface area contributed by atoms with Crippen LogP contribution in [0.2, 0.25) is 0 Å². The molecule has 22 heavy (non-hydrogen) atoms. The minimum absolute atomic E-state index is 0. The second-order valence-corrected chi connectivity index (χ2v) is 5.32. The molecule has 1 aliphatic rings. The Labute approximate surface area is 136 Å². The van der Waals surface area contributed by atoms with Crippen molar-refractivity contribution in [1.29, 1.82) is 0 Å². The smallest absolute Gasteiger partial charge is 0.272 e. The van der Waals surface area contributed by atoms with Crippen molar-refractivity contribution in [3.8, 4) is 0 Å². The van der Waals surface area contributed by atoms with Gasteiger partial charge in [0.2, 0.25) is 0 Å². The minimum atomic E-state index is -0.104. The largest absolute Gasteiger partial charge is 0.351 e. The maximum atomic E-state index is 12.2. The molecule has 120 valence electrons. The van der Waals surface area contributed by atoms with E-state index in [0.29, 0.717) is 12.2 Å². The SMILES string of the molecule is Cl.O=C(NCCCN1CCNCC1)c1n[nH]c2ccccc12. The first-order valence-electron chi connectivity index (χ1n) is 7.49. The Morgan fingerprint density at radius 2 is 2.05 bits per heavy atom. The summed E-state index contributed by atoms with van der Waals surface area (Å²) in [5.41, 5.74) is 1.37. The third-order valence-electron chi connectivity index (χ3n) is 3.83. The van der Waals surface area contributed by atoms with Crippen LogP contribution in [0.5, 0.6) is 0 Å². The van der Waals surface area contributed by atoms with Crippen molar-refractivity contribution in [3.63, 3.8) is 0 Å². The van der Waals surface area contributed by atoms with Gasteiger partial charge in [-0.25, -0.2) is 0 Å². The van der Waals surface area contributed by atoms with Crippen LogP contribution in [0.15, 0.2) is 24.3 Å². The number of nitrogens with zero attached hydrogens (tertiary/aromatic N) is 2. The third-order valence-corrected chi connectivity index (χ3v) is 3.83. The molecule has 0 atom stereocenters. The summed E-state index contributed by atoms with van der Waals surface area (Å²) in [5, 5.41) is 14.2. The van der Waals surface area contributed by atoms with E-state index in [1.54, 1.807) is 0 Å². The number of aromatic amines is 1. The Morgan fingerprint density at radius 1 is 1.27 bits per heavy atom. The molecule has 0 unspecified atom stereocenters. The van der Waals surface area contributed by atoms with E-state index < -0.39 is 0 Å². The van der Waals surface area contributed by atoms with Gasteiger partial charge in [-0.05, 0) is 19.0 Å². The molecule has 0 radical (unpaired) electrons. The molecule has 1 amide bonds. The standard InChI is InChI=1S/C15H21N5O.ClH/c21-15(14-12-4-1-2-5-13(12)18-19-14)17-6-3-9-20-10-7-16-8-11-20;/h1-2,4-5,16H,3,6-11H2,(H,17,21)(H,18,19);1H. The third kappa shape index (κ3) is 3.97. The molecule has 0 spiro atoms. The van der Waals surface area contributed by atoms with Gasteiger partial charge in [0.15, 0.2) is 5.69 Å². The molecule has 6 nitrogen and oxygen atoms in total. The van der Waals surface area contributed by atoms with Gasteiger partial charge in [0, 0.05) is 38.1 Å². The lowest BCUT2D eigenvalue weighted by atomic mass is 10.2. The van der Waals surface area contributed by atoms with Crippen molar-refractivity contribution in [2.45, 2.75) is 6.42 Å². The Morgan fingerprint density at radius 3 is 2.86 bits per heavy atom. The van der Waals surface area contributed by atoms with Crippen LogP contribution < -0.4 is 10.6 Å².